The molecule has 0 bridgehead atoms. The molecule has 1 saturated heterocycles. The third-order valence-electron chi connectivity index (χ3n) is 4.91. The number of hydrogen-bond donors (Lipinski definition) is 1. The van der Waals surface area contributed by atoms with Gasteiger partial charge in [-0.3, -0.25) is 14.9 Å². The van der Waals surface area contributed by atoms with Crippen LogP contribution < -0.4 is 10.2 Å². The lowest BCUT2D eigenvalue weighted by Crippen LogP contribution is -2.28. The fourth-order valence-corrected chi connectivity index (χ4v) is 3.57. The number of hydrogen-bond acceptors (Lipinski definition) is 7. The van der Waals surface area contributed by atoms with Crippen LogP contribution in [0, 0.1) is 12.8 Å². The van der Waals surface area contributed by atoms with Gasteiger partial charge in [0.15, 0.2) is 0 Å². The van der Waals surface area contributed by atoms with E-state index >= 15 is 0 Å². The van der Waals surface area contributed by atoms with Gasteiger partial charge in [-0.1, -0.05) is 11.6 Å². The molecule has 2 aromatic rings. The number of amides is 2. The zero-order chi connectivity index (χ0) is 23.4. The Bertz CT molecular complexity index is 1050. The SMILES string of the molecule is CCOC(=O)c1c(C)oc(NC(=O)C2CC(=O)N(c3ccc(Cl)cc3)C2)c1C(=O)OCC. The highest BCUT2D eigenvalue weighted by Gasteiger charge is 2.37. The normalized spacial score (nSPS) is 15.6. The van der Waals surface area contributed by atoms with E-state index in [1.165, 1.54) is 11.8 Å². The van der Waals surface area contributed by atoms with Crippen molar-refractivity contribution in [2.24, 2.45) is 5.92 Å². The van der Waals surface area contributed by atoms with Crippen molar-refractivity contribution in [2.75, 3.05) is 30.0 Å². The molecule has 170 valence electrons. The largest absolute Gasteiger partial charge is 0.462 e. The number of nitrogens with one attached hydrogen (secondary N) is 1. The number of rotatable bonds is 7. The molecule has 1 unspecified atom stereocenters. The molecule has 2 heterocycles. The highest BCUT2D eigenvalue weighted by atomic mass is 35.5. The van der Waals surface area contributed by atoms with Gasteiger partial charge in [-0.2, -0.15) is 0 Å². The summed E-state index contributed by atoms with van der Waals surface area (Å²) >= 11 is 5.89. The summed E-state index contributed by atoms with van der Waals surface area (Å²) in [5.74, 6) is -3.14. The van der Waals surface area contributed by atoms with Crippen molar-refractivity contribution in [3.63, 3.8) is 0 Å². The van der Waals surface area contributed by atoms with Crippen LogP contribution in [0.25, 0.3) is 0 Å². The maximum Gasteiger partial charge on any atom is 0.344 e. The Hall–Kier alpha value is -3.33. The number of esters is 2. The number of benzene rings is 1. The Balaban J connectivity index is 1.83. The van der Waals surface area contributed by atoms with Crippen molar-refractivity contribution in [3.05, 3.63) is 46.2 Å². The van der Waals surface area contributed by atoms with Gasteiger partial charge in [0.05, 0.1) is 19.1 Å². The van der Waals surface area contributed by atoms with E-state index in [4.69, 9.17) is 25.5 Å². The molecule has 0 spiro atoms. The van der Waals surface area contributed by atoms with Gasteiger partial charge >= 0.3 is 11.9 Å². The summed E-state index contributed by atoms with van der Waals surface area (Å²) in [5.41, 5.74) is 0.307. The third kappa shape index (κ3) is 4.77. The summed E-state index contributed by atoms with van der Waals surface area (Å²) in [4.78, 5) is 51.7. The Morgan fingerprint density at radius 2 is 1.69 bits per heavy atom. The second-order valence-electron chi connectivity index (χ2n) is 7.05. The number of nitrogens with zero attached hydrogens (tertiary/aromatic N) is 1. The quantitative estimate of drug-likeness (QED) is 0.625. The van der Waals surface area contributed by atoms with Gasteiger partial charge in [-0.15, -0.1) is 0 Å². The molecule has 0 aliphatic carbocycles. The van der Waals surface area contributed by atoms with Crippen LogP contribution in [0.4, 0.5) is 11.6 Å². The highest BCUT2D eigenvalue weighted by Crippen LogP contribution is 2.31. The topological polar surface area (TPSA) is 115 Å². The average Bonchev–Trinajstić information content (AvgIpc) is 3.29. The smallest absolute Gasteiger partial charge is 0.344 e. The van der Waals surface area contributed by atoms with Gasteiger partial charge in [0, 0.05) is 23.7 Å². The van der Waals surface area contributed by atoms with Crippen LogP contribution in [0.2, 0.25) is 5.02 Å². The minimum Gasteiger partial charge on any atom is -0.462 e. The molecule has 1 N–H and O–H groups in total. The van der Waals surface area contributed by atoms with Crippen LogP contribution in [0.3, 0.4) is 0 Å². The van der Waals surface area contributed by atoms with Crippen molar-refractivity contribution >= 4 is 46.9 Å². The number of halogens is 1. The zero-order valence-corrected chi connectivity index (χ0v) is 18.7. The zero-order valence-electron chi connectivity index (χ0n) is 17.9. The molecule has 1 aromatic heterocycles. The predicted octanol–water partition coefficient (Wildman–Crippen LogP) is 3.59. The average molecular weight is 463 g/mol. The Morgan fingerprint density at radius 1 is 1.09 bits per heavy atom. The van der Waals surface area contributed by atoms with Gasteiger partial charge in [0.25, 0.3) is 0 Å². The van der Waals surface area contributed by atoms with Crippen molar-refractivity contribution in [2.45, 2.75) is 27.2 Å². The molecule has 32 heavy (non-hydrogen) atoms. The van der Waals surface area contributed by atoms with Crippen LogP contribution in [0.15, 0.2) is 28.7 Å². The fourth-order valence-electron chi connectivity index (χ4n) is 3.45. The number of ether oxygens (including phenoxy) is 2. The van der Waals surface area contributed by atoms with Crippen molar-refractivity contribution in [3.8, 4) is 0 Å². The summed E-state index contributed by atoms with van der Waals surface area (Å²) in [6, 6.07) is 6.71. The second-order valence-corrected chi connectivity index (χ2v) is 7.49. The molecule has 1 aliphatic rings. The number of aryl methyl sites for hydroxylation is 1. The standard InChI is InChI=1S/C22H23ClN2O7/c1-4-30-21(28)17-12(3)32-20(18(17)22(29)31-5-2)24-19(27)13-10-16(26)25(11-13)15-8-6-14(23)7-9-15/h6-9,13H,4-5,10-11H2,1-3H3,(H,24,27). The molecule has 9 nitrogen and oxygen atoms in total. The molecule has 0 radical (unpaired) electrons. The summed E-state index contributed by atoms with van der Waals surface area (Å²) in [5, 5.41) is 3.07. The predicted molar refractivity (Wildman–Crippen MR) is 116 cm³/mol. The third-order valence-corrected chi connectivity index (χ3v) is 5.17. The summed E-state index contributed by atoms with van der Waals surface area (Å²) in [6.07, 6.45) is -0.0202. The second kappa shape index (κ2) is 9.86. The van der Waals surface area contributed by atoms with Gasteiger partial charge in [-0.05, 0) is 45.0 Å². The van der Waals surface area contributed by atoms with Crippen molar-refractivity contribution in [1.82, 2.24) is 0 Å². The number of anilines is 2. The van der Waals surface area contributed by atoms with E-state index in [9.17, 15) is 19.2 Å². The van der Waals surface area contributed by atoms with E-state index in [2.05, 4.69) is 5.32 Å². The number of carbonyl (C=O) groups is 4. The lowest BCUT2D eigenvalue weighted by Gasteiger charge is -2.16. The Labute approximate surface area is 189 Å². The van der Waals surface area contributed by atoms with E-state index in [0.29, 0.717) is 10.7 Å². The minimum absolute atomic E-state index is 0.0202. The summed E-state index contributed by atoms with van der Waals surface area (Å²) < 4.78 is 15.5. The van der Waals surface area contributed by atoms with E-state index in [1.54, 1.807) is 38.1 Å². The first-order valence-electron chi connectivity index (χ1n) is 10.1. The van der Waals surface area contributed by atoms with Crippen LogP contribution in [-0.4, -0.2) is 43.5 Å². The maximum atomic E-state index is 12.9. The first-order valence-corrected chi connectivity index (χ1v) is 10.5. The highest BCUT2D eigenvalue weighted by molar-refractivity contribution is 6.30. The van der Waals surface area contributed by atoms with Gasteiger partial charge in [0.1, 0.15) is 16.9 Å². The fraction of sp³-hybridized carbons (Fsp3) is 0.364. The molecule has 1 fully saturated rings. The van der Waals surface area contributed by atoms with Gasteiger partial charge in [-0.25, -0.2) is 9.59 Å². The van der Waals surface area contributed by atoms with Gasteiger partial charge < -0.3 is 18.8 Å². The molecular formula is C22H23ClN2O7. The molecule has 0 saturated carbocycles. The van der Waals surface area contributed by atoms with E-state index < -0.39 is 23.8 Å². The molecular weight excluding hydrogens is 440 g/mol. The number of furan rings is 1. The van der Waals surface area contributed by atoms with Gasteiger partial charge in [0.2, 0.25) is 17.7 Å². The molecule has 10 heteroatoms. The first kappa shape index (κ1) is 23.3. The van der Waals surface area contributed by atoms with Crippen LogP contribution in [0.1, 0.15) is 46.7 Å². The molecule has 1 aromatic carbocycles. The molecule has 1 aliphatic heterocycles. The lowest BCUT2D eigenvalue weighted by molar-refractivity contribution is -0.122. The van der Waals surface area contributed by atoms with E-state index in [-0.39, 0.29) is 54.9 Å². The Kier molecular flexibility index (Phi) is 7.19. The van der Waals surface area contributed by atoms with Crippen LogP contribution >= 0.6 is 11.6 Å². The summed E-state index contributed by atoms with van der Waals surface area (Å²) in [7, 11) is 0. The first-order chi connectivity index (χ1) is 15.3. The van der Waals surface area contributed by atoms with Crippen molar-refractivity contribution in [1.29, 1.82) is 0 Å². The number of carbonyl (C=O) groups excluding carboxylic acids is 4. The minimum atomic E-state index is -0.826. The molecule has 3 rings (SSSR count). The van der Waals surface area contributed by atoms with E-state index in [1.807, 2.05) is 0 Å². The molecule has 2 amide bonds. The van der Waals surface area contributed by atoms with Crippen LogP contribution in [-0.2, 0) is 19.1 Å². The summed E-state index contributed by atoms with van der Waals surface area (Å²) in [6.45, 7) is 5.02. The van der Waals surface area contributed by atoms with Crippen molar-refractivity contribution < 1.29 is 33.1 Å². The monoisotopic (exact) mass is 462 g/mol. The maximum absolute atomic E-state index is 12.9. The molecule has 1 atom stereocenters. The van der Waals surface area contributed by atoms with E-state index in [0.717, 1.165) is 0 Å². The lowest BCUT2D eigenvalue weighted by atomic mass is 10.1. The Morgan fingerprint density at radius 3 is 2.28 bits per heavy atom. The van der Waals surface area contributed by atoms with Crippen LogP contribution in [0.5, 0.6) is 0 Å².